The van der Waals surface area contributed by atoms with Crippen molar-refractivity contribution in [2.24, 2.45) is 0 Å². The molecular formula is C8H11F2N3. The molecule has 3 nitrogen and oxygen atoms in total. The molecule has 0 radical (unpaired) electrons. The normalized spacial score (nSPS) is 17.8. The number of imidazole rings is 1. The number of hydrogen-bond acceptors (Lipinski definition) is 2. The number of rotatable bonds is 2. The van der Waals surface area contributed by atoms with Crippen LogP contribution in [0.2, 0.25) is 0 Å². The van der Waals surface area contributed by atoms with Crippen molar-refractivity contribution in [1.29, 1.82) is 0 Å². The molecule has 0 saturated carbocycles. The van der Waals surface area contributed by atoms with E-state index in [-0.39, 0.29) is 6.54 Å². The van der Waals surface area contributed by atoms with Gasteiger partial charge in [0.1, 0.15) is 5.82 Å². The van der Waals surface area contributed by atoms with Gasteiger partial charge in [0.25, 0.3) is 6.43 Å². The molecule has 0 aliphatic carbocycles. The highest BCUT2D eigenvalue weighted by atomic mass is 19.3. The van der Waals surface area contributed by atoms with Crippen molar-refractivity contribution >= 4 is 0 Å². The van der Waals surface area contributed by atoms with Gasteiger partial charge in [-0.25, -0.2) is 13.8 Å². The van der Waals surface area contributed by atoms with Crippen LogP contribution in [0.3, 0.4) is 0 Å². The second-order valence-corrected chi connectivity index (χ2v) is 3.16. The molecule has 13 heavy (non-hydrogen) atoms. The van der Waals surface area contributed by atoms with Crippen LogP contribution < -0.4 is 0 Å². The topological polar surface area (TPSA) is 21.1 Å². The molecule has 2 heterocycles. The number of hydrogen-bond donors (Lipinski definition) is 0. The molecule has 2 rings (SSSR count). The summed E-state index contributed by atoms with van der Waals surface area (Å²) in [6.07, 6.45) is 1.34. The van der Waals surface area contributed by atoms with Crippen LogP contribution in [0, 0.1) is 0 Å². The van der Waals surface area contributed by atoms with Crippen molar-refractivity contribution in [2.75, 3.05) is 13.1 Å². The Kier molecular flexibility index (Phi) is 2.26. The lowest BCUT2D eigenvalue weighted by Gasteiger charge is -2.26. The van der Waals surface area contributed by atoms with Crippen molar-refractivity contribution in [3.05, 3.63) is 18.2 Å². The van der Waals surface area contributed by atoms with Gasteiger partial charge in [0.2, 0.25) is 0 Å². The first-order chi connectivity index (χ1) is 6.25. The van der Waals surface area contributed by atoms with E-state index in [9.17, 15) is 8.78 Å². The van der Waals surface area contributed by atoms with Crippen molar-refractivity contribution in [2.45, 2.75) is 19.5 Å². The van der Waals surface area contributed by atoms with Crippen LogP contribution in [-0.2, 0) is 13.1 Å². The fraction of sp³-hybridized carbons (Fsp3) is 0.625. The summed E-state index contributed by atoms with van der Waals surface area (Å²) in [4.78, 5) is 5.82. The number of halogens is 2. The Bertz CT molecular complexity index is 285. The highest BCUT2D eigenvalue weighted by molar-refractivity contribution is 4.95. The fourth-order valence-corrected chi connectivity index (χ4v) is 1.57. The zero-order valence-corrected chi connectivity index (χ0v) is 7.16. The maximum atomic E-state index is 12.1. The van der Waals surface area contributed by atoms with E-state index < -0.39 is 6.43 Å². The van der Waals surface area contributed by atoms with Crippen molar-refractivity contribution in [3.63, 3.8) is 0 Å². The van der Waals surface area contributed by atoms with Gasteiger partial charge in [-0.1, -0.05) is 0 Å². The molecule has 0 aromatic carbocycles. The van der Waals surface area contributed by atoms with E-state index in [1.54, 1.807) is 11.1 Å². The smallest absolute Gasteiger partial charge is 0.251 e. The van der Waals surface area contributed by atoms with E-state index in [0.717, 1.165) is 12.4 Å². The monoisotopic (exact) mass is 187 g/mol. The van der Waals surface area contributed by atoms with E-state index in [4.69, 9.17) is 0 Å². The predicted octanol–water partition coefficient (Wildman–Crippen LogP) is 0.964. The SMILES string of the molecule is FC(F)CN1CCn2ccnc2C1. The average molecular weight is 187 g/mol. The van der Waals surface area contributed by atoms with E-state index in [1.165, 1.54) is 0 Å². The minimum absolute atomic E-state index is 0.146. The van der Waals surface area contributed by atoms with E-state index in [2.05, 4.69) is 4.98 Å². The first-order valence-corrected chi connectivity index (χ1v) is 4.26. The zero-order valence-electron chi connectivity index (χ0n) is 7.16. The molecule has 1 aliphatic rings. The van der Waals surface area contributed by atoms with Crippen molar-refractivity contribution in [1.82, 2.24) is 14.5 Å². The number of aromatic nitrogens is 2. The Morgan fingerprint density at radius 3 is 3.08 bits per heavy atom. The predicted molar refractivity (Wildman–Crippen MR) is 43.5 cm³/mol. The maximum Gasteiger partial charge on any atom is 0.251 e. The number of alkyl halides is 2. The van der Waals surface area contributed by atoms with Gasteiger partial charge in [-0.15, -0.1) is 0 Å². The summed E-state index contributed by atoms with van der Waals surface area (Å²) < 4.78 is 26.1. The average Bonchev–Trinajstić information content (AvgIpc) is 2.49. The summed E-state index contributed by atoms with van der Waals surface area (Å²) >= 11 is 0. The van der Waals surface area contributed by atoms with Crippen LogP contribution in [0.15, 0.2) is 12.4 Å². The van der Waals surface area contributed by atoms with Gasteiger partial charge < -0.3 is 4.57 Å². The molecule has 0 saturated heterocycles. The summed E-state index contributed by atoms with van der Waals surface area (Å²) in [5.41, 5.74) is 0. The lowest BCUT2D eigenvalue weighted by atomic mass is 10.3. The summed E-state index contributed by atoms with van der Waals surface area (Å²) in [7, 11) is 0. The zero-order chi connectivity index (χ0) is 9.26. The van der Waals surface area contributed by atoms with Gasteiger partial charge in [-0.05, 0) is 0 Å². The highest BCUT2D eigenvalue weighted by Crippen LogP contribution is 2.11. The molecule has 0 bridgehead atoms. The first-order valence-electron chi connectivity index (χ1n) is 4.26. The van der Waals surface area contributed by atoms with Crippen LogP contribution in [0.1, 0.15) is 5.82 Å². The van der Waals surface area contributed by atoms with Crippen molar-refractivity contribution < 1.29 is 8.78 Å². The van der Waals surface area contributed by atoms with Gasteiger partial charge in [0, 0.05) is 25.5 Å². The summed E-state index contributed by atoms with van der Waals surface area (Å²) in [6.45, 7) is 1.85. The lowest BCUT2D eigenvalue weighted by Crippen LogP contribution is -2.36. The van der Waals surface area contributed by atoms with Crippen LogP contribution in [0.5, 0.6) is 0 Å². The van der Waals surface area contributed by atoms with E-state index in [1.807, 2.05) is 10.8 Å². The van der Waals surface area contributed by atoms with E-state index >= 15 is 0 Å². The molecular weight excluding hydrogens is 176 g/mol. The summed E-state index contributed by atoms with van der Waals surface area (Å²) in [6, 6.07) is 0. The molecule has 1 aliphatic heterocycles. The van der Waals surface area contributed by atoms with Gasteiger partial charge in [-0.2, -0.15) is 0 Å². The van der Waals surface area contributed by atoms with Gasteiger partial charge in [-0.3, -0.25) is 4.90 Å². The number of fused-ring (bicyclic) bond motifs is 1. The first kappa shape index (κ1) is 8.62. The highest BCUT2D eigenvalue weighted by Gasteiger charge is 2.18. The van der Waals surface area contributed by atoms with Crippen LogP contribution in [0.25, 0.3) is 0 Å². The third-order valence-corrected chi connectivity index (χ3v) is 2.22. The Morgan fingerprint density at radius 1 is 1.46 bits per heavy atom. The standard InChI is InChI=1S/C8H11F2N3/c9-7(10)5-12-3-4-13-2-1-11-8(13)6-12/h1-2,7H,3-6H2. The van der Waals surface area contributed by atoms with Crippen LogP contribution in [-0.4, -0.2) is 34.0 Å². The molecule has 72 valence electrons. The Morgan fingerprint density at radius 2 is 2.31 bits per heavy atom. The van der Waals surface area contributed by atoms with Gasteiger partial charge in [0.05, 0.1) is 13.1 Å². The molecule has 1 aromatic heterocycles. The van der Waals surface area contributed by atoms with Crippen molar-refractivity contribution in [3.8, 4) is 0 Å². The fourth-order valence-electron chi connectivity index (χ4n) is 1.57. The van der Waals surface area contributed by atoms with Crippen LogP contribution >= 0.6 is 0 Å². The van der Waals surface area contributed by atoms with Crippen LogP contribution in [0.4, 0.5) is 8.78 Å². The molecule has 0 N–H and O–H groups in total. The van der Waals surface area contributed by atoms with Gasteiger partial charge in [0.15, 0.2) is 0 Å². The lowest BCUT2D eigenvalue weighted by molar-refractivity contribution is 0.0742. The maximum absolute atomic E-state index is 12.1. The van der Waals surface area contributed by atoms with E-state index in [0.29, 0.717) is 13.1 Å². The Hall–Kier alpha value is -0.970. The quantitative estimate of drug-likeness (QED) is 0.687. The second-order valence-electron chi connectivity index (χ2n) is 3.16. The molecule has 5 heteroatoms. The Balaban J connectivity index is 2.00. The summed E-state index contributed by atoms with van der Waals surface area (Å²) in [5.74, 6) is 0.881. The minimum atomic E-state index is -2.25. The summed E-state index contributed by atoms with van der Waals surface area (Å²) in [5, 5.41) is 0. The minimum Gasteiger partial charge on any atom is -0.333 e. The third kappa shape index (κ3) is 1.85. The number of nitrogens with zero attached hydrogens (tertiary/aromatic N) is 3. The molecule has 0 spiro atoms. The molecule has 1 aromatic rings. The Labute approximate surface area is 75.0 Å². The third-order valence-electron chi connectivity index (χ3n) is 2.22. The molecule has 0 unspecified atom stereocenters. The van der Waals surface area contributed by atoms with Gasteiger partial charge >= 0.3 is 0 Å². The largest absolute Gasteiger partial charge is 0.333 e. The molecule has 0 fully saturated rings. The second kappa shape index (κ2) is 3.41. The molecule has 0 amide bonds. The molecule has 0 atom stereocenters.